The molecule has 1 fully saturated rings. The molecule has 0 spiro atoms. The molecule has 0 saturated carbocycles. The molecule has 1 saturated heterocycles. The van der Waals surface area contributed by atoms with Crippen molar-refractivity contribution >= 4 is 35.5 Å². The monoisotopic (exact) mass is 276 g/mol. The average Bonchev–Trinajstić information content (AvgIpc) is 2.50. The van der Waals surface area contributed by atoms with Crippen LogP contribution in [0.15, 0.2) is 12.7 Å². The van der Waals surface area contributed by atoms with Gasteiger partial charge in [-0.25, -0.2) is 9.59 Å². The zero-order valence-electron chi connectivity index (χ0n) is 9.77. The normalized spacial score (nSPS) is 24.5. The molecule has 1 aliphatic rings. The van der Waals surface area contributed by atoms with Gasteiger partial charge in [0.1, 0.15) is 0 Å². The Balaban J connectivity index is 2.37. The van der Waals surface area contributed by atoms with Gasteiger partial charge >= 0.3 is 11.9 Å². The van der Waals surface area contributed by atoms with Crippen LogP contribution in [-0.4, -0.2) is 40.7 Å². The van der Waals surface area contributed by atoms with E-state index in [4.69, 9.17) is 4.74 Å². The van der Waals surface area contributed by atoms with Gasteiger partial charge in [-0.1, -0.05) is 6.58 Å². The molecule has 1 heterocycles. The minimum atomic E-state index is -0.616. The van der Waals surface area contributed by atoms with E-state index in [2.05, 4.69) is 11.3 Å². The molecular weight excluding hydrogens is 260 g/mol. The highest BCUT2D eigenvalue weighted by atomic mass is 32.2. The van der Waals surface area contributed by atoms with Crippen LogP contribution in [0, 0.1) is 0 Å². The van der Waals surface area contributed by atoms with Gasteiger partial charge in [0.05, 0.1) is 0 Å². The Bertz CT molecular complexity index is 296. The molecule has 6 heteroatoms. The second kappa shape index (κ2) is 6.96. The van der Waals surface area contributed by atoms with Crippen molar-refractivity contribution in [1.82, 2.24) is 0 Å². The Kier molecular flexibility index (Phi) is 5.91. The van der Waals surface area contributed by atoms with E-state index in [-0.39, 0.29) is 6.61 Å². The van der Waals surface area contributed by atoms with E-state index < -0.39 is 16.9 Å². The number of thioether (sulfide) groups is 2. The van der Waals surface area contributed by atoms with Gasteiger partial charge in [0.2, 0.25) is 0 Å². The van der Waals surface area contributed by atoms with Crippen LogP contribution in [0.5, 0.6) is 0 Å². The molecule has 1 aliphatic heterocycles. The van der Waals surface area contributed by atoms with Crippen molar-refractivity contribution in [3.8, 4) is 0 Å². The Hall–Kier alpha value is -0.620. The van der Waals surface area contributed by atoms with Crippen molar-refractivity contribution in [2.45, 2.75) is 18.3 Å². The van der Waals surface area contributed by atoms with E-state index in [9.17, 15) is 9.59 Å². The van der Waals surface area contributed by atoms with Gasteiger partial charge in [0.15, 0.2) is 11.5 Å². The number of carbonyl (C=O) groups excluding carboxylic acids is 2. The van der Waals surface area contributed by atoms with Gasteiger partial charge in [-0.15, -0.1) is 11.8 Å². The summed E-state index contributed by atoms with van der Waals surface area (Å²) in [5.74, 6) is 1.70. The number of hydrogen-bond acceptors (Lipinski definition) is 6. The predicted octanol–water partition coefficient (Wildman–Crippen LogP) is 1.85. The fourth-order valence-corrected chi connectivity index (χ4v) is 3.83. The Morgan fingerprint density at radius 2 is 2.24 bits per heavy atom. The van der Waals surface area contributed by atoms with Crippen LogP contribution in [0.4, 0.5) is 0 Å². The van der Waals surface area contributed by atoms with Crippen molar-refractivity contribution in [2.24, 2.45) is 0 Å². The van der Waals surface area contributed by atoms with E-state index in [1.807, 2.05) is 6.92 Å². The Morgan fingerprint density at radius 1 is 1.47 bits per heavy atom. The SMILES string of the molecule is C=CC(=O)OCC(=O)OC1(C)CSCCCS1. The quantitative estimate of drug-likeness (QED) is 0.577. The number of ether oxygens (including phenoxy) is 2. The largest absolute Gasteiger partial charge is 0.451 e. The van der Waals surface area contributed by atoms with Crippen LogP contribution in [-0.2, 0) is 19.1 Å². The van der Waals surface area contributed by atoms with E-state index >= 15 is 0 Å². The van der Waals surface area contributed by atoms with Gasteiger partial charge in [-0.2, -0.15) is 11.8 Å². The summed E-state index contributed by atoms with van der Waals surface area (Å²) in [6.07, 6.45) is 2.14. The van der Waals surface area contributed by atoms with Crippen LogP contribution in [0.3, 0.4) is 0 Å². The van der Waals surface area contributed by atoms with Gasteiger partial charge in [-0.3, -0.25) is 0 Å². The van der Waals surface area contributed by atoms with Crippen molar-refractivity contribution < 1.29 is 19.1 Å². The maximum absolute atomic E-state index is 11.5. The Labute approximate surface area is 109 Å². The lowest BCUT2D eigenvalue weighted by atomic mass is 10.4. The molecule has 0 radical (unpaired) electrons. The average molecular weight is 276 g/mol. The first-order chi connectivity index (χ1) is 8.06. The van der Waals surface area contributed by atoms with E-state index in [0.29, 0.717) is 0 Å². The molecule has 0 aromatic heterocycles. The fraction of sp³-hybridized carbons (Fsp3) is 0.636. The second-order valence-electron chi connectivity index (χ2n) is 3.67. The fourth-order valence-electron chi connectivity index (χ4n) is 1.27. The lowest BCUT2D eigenvalue weighted by Crippen LogP contribution is -2.32. The smallest absolute Gasteiger partial charge is 0.345 e. The third-order valence-electron chi connectivity index (χ3n) is 2.03. The molecule has 0 aromatic rings. The highest BCUT2D eigenvalue weighted by Gasteiger charge is 2.31. The number of rotatable bonds is 4. The standard InChI is InChI=1S/C11H16O4S2/c1-3-9(12)14-7-10(13)15-11(2)8-16-5-4-6-17-11/h3H,1,4-8H2,2H3. The van der Waals surface area contributed by atoms with Gasteiger partial charge < -0.3 is 9.47 Å². The summed E-state index contributed by atoms with van der Waals surface area (Å²) in [7, 11) is 0. The molecule has 1 unspecified atom stereocenters. The van der Waals surface area contributed by atoms with Crippen LogP contribution in [0.25, 0.3) is 0 Å². The first-order valence-electron chi connectivity index (χ1n) is 5.28. The molecule has 96 valence electrons. The third-order valence-corrected chi connectivity index (χ3v) is 4.88. The third kappa shape index (κ3) is 5.50. The van der Waals surface area contributed by atoms with Crippen molar-refractivity contribution in [1.29, 1.82) is 0 Å². The number of esters is 2. The second-order valence-corrected chi connectivity index (χ2v) is 6.34. The summed E-state index contributed by atoms with van der Waals surface area (Å²) >= 11 is 3.40. The van der Waals surface area contributed by atoms with Crippen LogP contribution in [0.1, 0.15) is 13.3 Å². The molecule has 0 aromatic carbocycles. The first kappa shape index (κ1) is 14.4. The zero-order valence-corrected chi connectivity index (χ0v) is 11.4. The summed E-state index contributed by atoms with van der Waals surface area (Å²) in [4.78, 5) is 21.8. The molecule has 1 rings (SSSR count). The minimum Gasteiger partial charge on any atom is -0.451 e. The van der Waals surface area contributed by atoms with E-state index in [1.165, 1.54) is 0 Å². The van der Waals surface area contributed by atoms with Crippen LogP contribution < -0.4 is 0 Å². The van der Waals surface area contributed by atoms with Crippen molar-refractivity contribution in [3.63, 3.8) is 0 Å². The van der Waals surface area contributed by atoms with Gasteiger partial charge in [0.25, 0.3) is 0 Å². The van der Waals surface area contributed by atoms with Crippen molar-refractivity contribution in [3.05, 3.63) is 12.7 Å². The maximum Gasteiger partial charge on any atom is 0.345 e. The molecular formula is C11H16O4S2. The minimum absolute atomic E-state index is 0.355. The summed E-state index contributed by atoms with van der Waals surface area (Å²) in [6.45, 7) is 4.78. The topological polar surface area (TPSA) is 52.6 Å². The summed E-state index contributed by atoms with van der Waals surface area (Å²) in [6, 6.07) is 0. The Morgan fingerprint density at radius 3 is 2.94 bits per heavy atom. The zero-order chi connectivity index (χ0) is 12.7. The van der Waals surface area contributed by atoms with Crippen molar-refractivity contribution in [2.75, 3.05) is 23.9 Å². The van der Waals surface area contributed by atoms with E-state index in [1.54, 1.807) is 23.5 Å². The maximum atomic E-state index is 11.5. The highest BCUT2D eigenvalue weighted by Crippen LogP contribution is 2.34. The number of carbonyl (C=O) groups is 2. The number of hydrogen-bond donors (Lipinski definition) is 0. The lowest BCUT2D eigenvalue weighted by Gasteiger charge is -2.26. The summed E-state index contributed by atoms with van der Waals surface area (Å²) in [5, 5.41) is 0. The van der Waals surface area contributed by atoms with Crippen LogP contribution in [0.2, 0.25) is 0 Å². The molecule has 0 amide bonds. The van der Waals surface area contributed by atoms with Gasteiger partial charge in [-0.05, 0) is 24.9 Å². The molecule has 4 nitrogen and oxygen atoms in total. The highest BCUT2D eigenvalue weighted by molar-refractivity contribution is 8.04. The summed E-state index contributed by atoms with van der Waals surface area (Å²) in [5.41, 5.74) is 0. The molecule has 17 heavy (non-hydrogen) atoms. The predicted molar refractivity (Wildman–Crippen MR) is 70.1 cm³/mol. The molecule has 0 aliphatic carbocycles. The first-order valence-corrected chi connectivity index (χ1v) is 7.42. The van der Waals surface area contributed by atoms with Gasteiger partial charge in [0, 0.05) is 11.8 Å². The van der Waals surface area contributed by atoms with Crippen LogP contribution >= 0.6 is 23.5 Å². The van der Waals surface area contributed by atoms with E-state index in [0.717, 1.165) is 29.8 Å². The lowest BCUT2D eigenvalue weighted by molar-refractivity contribution is -0.160. The summed E-state index contributed by atoms with van der Waals surface area (Å²) < 4.78 is 9.97. The molecule has 0 N–H and O–H groups in total. The molecule has 0 bridgehead atoms. The molecule has 1 atom stereocenters.